The van der Waals surface area contributed by atoms with Crippen molar-refractivity contribution in [2.75, 3.05) is 18.5 Å². The van der Waals surface area contributed by atoms with E-state index in [9.17, 15) is 37.1 Å². The second-order valence-electron chi connectivity index (χ2n) is 11.7. The summed E-state index contributed by atoms with van der Waals surface area (Å²) in [5.41, 5.74) is 5.44. The molecule has 5 rings (SSSR count). The molecular formula is C31H30F4N6O5S. The van der Waals surface area contributed by atoms with Crippen LogP contribution in [0.3, 0.4) is 0 Å². The fourth-order valence-electron chi connectivity index (χ4n) is 4.86. The van der Waals surface area contributed by atoms with Crippen molar-refractivity contribution >= 4 is 44.4 Å². The average molecular weight is 675 g/mol. The van der Waals surface area contributed by atoms with Gasteiger partial charge in [0.2, 0.25) is 17.4 Å². The lowest BCUT2D eigenvalue weighted by molar-refractivity contribution is -0.265. The molecule has 0 saturated heterocycles. The molecule has 0 bridgehead atoms. The van der Waals surface area contributed by atoms with Gasteiger partial charge >= 0.3 is 6.18 Å². The van der Waals surface area contributed by atoms with Crippen molar-refractivity contribution in [1.29, 1.82) is 0 Å². The lowest BCUT2D eigenvalue weighted by atomic mass is 9.81. The van der Waals surface area contributed by atoms with Gasteiger partial charge in [0.05, 0.1) is 28.5 Å². The summed E-state index contributed by atoms with van der Waals surface area (Å²) in [4.78, 5) is 46.2. The number of aromatic nitrogens is 2. The van der Waals surface area contributed by atoms with Crippen LogP contribution in [0.2, 0.25) is 0 Å². The van der Waals surface area contributed by atoms with Crippen LogP contribution in [0.1, 0.15) is 42.4 Å². The molecule has 11 nitrogen and oxygen atoms in total. The number of hydrogen-bond acceptors (Lipinski definition) is 9. The first-order valence-electron chi connectivity index (χ1n) is 14.2. The normalized spacial score (nSPS) is 17.9. The number of hydrogen-bond donors (Lipinski definition) is 5. The Morgan fingerprint density at radius 3 is 2.40 bits per heavy atom. The zero-order valence-corrected chi connectivity index (χ0v) is 26.1. The van der Waals surface area contributed by atoms with Crippen molar-refractivity contribution in [1.82, 2.24) is 15.3 Å². The highest BCUT2D eigenvalue weighted by Crippen LogP contribution is 2.47. The second kappa shape index (κ2) is 12.2. The fourth-order valence-corrected chi connectivity index (χ4v) is 5.77. The van der Waals surface area contributed by atoms with Crippen LogP contribution >= 0.6 is 11.3 Å². The van der Waals surface area contributed by atoms with E-state index in [0.29, 0.717) is 10.2 Å². The van der Waals surface area contributed by atoms with Crippen molar-refractivity contribution < 1.29 is 41.8 Å². The number of nitrogens with zero attached hydrogens (tertiary/aromatic N) is 2. The molecule has 248 valence electrons. The number of primary amides is 1. The van der Waals surface area contributed by atoms with Gasteiger partial charge < -0.3 is 31.9 Å². The van der Waals surface area contributed by atoms with E-state index < -0.39 is 59.0 Å². The molecule has 0 saturated carbocycles. The summed E-state index contributed by atoms with van der Waals surface area (Å²) in [6, 6.07) is 8.89. The molecular weight excluding hydrogens is 644 g/mol. The standard InChI is InChI=1S/C31H30F4N6O5S/c1-14(2)22(36)26(43)41-28-39-19-9-6-16(10-20(19)47-28)25(42)38-12-30(45,31(33,34)35)21-11-18-24(46-13-29(18,3)27(37)44)23(40-21)15-4-7-17(32)8-5-15/h4-11,14,22,45H,12-13,36H2,1-3H3,(H2,37,44)(H,38,42)(H,39,41,43)/t22-,29-,30?/m0/s1. The first kappa shape index (κ1) is 33.7. The molecule has 1 unspecified atom stereocenters. The molecule has 4 aromatic rings. The molecule has 3 heterocycles. The highest BCUT2D eigenvalue weighted by Gasteiger charge is 2.57. The Kier molecular flexibility index (Phi) is 8.72. The molecule has 1 aliphatic rings. The lowest BCUT2D eigenvalue weighted by Gasteiger charge is -2.31. The summed E-state index contributed by atoms with van der Waals surface area (Å²) in [7, 11) is 0. The van der Waals surface area contributed by atoms with Crippen molar-refractivity contribution in [3.05, 3.63) is 71.2 Å². The summed E-state index contributed by atoms with van der Waals surface area (Å²) in [6.45, 7) is 3.26. The van der Waals surface area contributed by atoms with Crippen molar-refractivity contribution in [2.45, 2.75) is 44.0 Å². The van der Waals surface area contributed by atoms with Crippen LogP contribution < -0.4 is 26.8 Å². The number of ether oxygens (including phenoxy) is 1. The smallest absolute Gasteiger partial charge is 0.424 e. The largest absolute Gasteiger partial charge is 0.489 e. The molecule has 0 radical (unpaired) electrons. The molecule has 1 aliphatic heterocycles. The third kappa shape index (κ3) is 6.23. The Balaban J connectivity index is 1.47. The Morgan fingerprint density at radius 1 is 1.11 bits per heavy atom. The number of rotatable bonds is 9. The minimum atomic E-state index is -5.38. The zero-order valence-electron chi connectivity index (χ0n) is 25.2. The number of carbonyl (C=O) groups is 3. The summed E-state index contributed by atoms with van der Waals surface area (Å²) in [5.74, 6) is -3.10. The molecule has 16 heteroatoms. The van der Waals surface area contributed by atoms with E-state index in [1.54, 1.807) is 13.8 Å². The van der Waals surface area contributed by atoms with Gasteiger partial charge in [-0.3, -0.25) is 14.4 Å². The van der Waals surface area contributed by atoms with Gasteiger partial charge in [-0.1, -0.05) is 25.2 Å². The first-order valence-corrected chi connectivity index (χ1v) is 15.1. The SMILES string of the molecule is CC(C)[C@H](N)C(=O)Nc1nc2ccc(C(=O)NCC(O)(c3cc4c(c(-c5ccc(F)cc5)n3)OC[C@]4(C)C(N)=O)C(F)(F)F)cc2s1. The van der Waals surface area contributed by atoms with E-state index >= 15 is 0 Å². The molecule has 2 aromatic carbocycles. The van der Waals surface area contributed by atoms with Crippen LogP contribution in [0.4, 0.5) is 22.7 Å². The predicted octanol–water partition coefficient (Wildman–Crippen LogP) is 3.73. The fraction of sp³-hybridized carbons (Fsp3) is 0.323. The van der Waals surface area contributed by atoms with Gasteiger partial charge in [-0.15, -0.1) is 0 Å². The van der Waals surface area contributed by atoms with Crippen LogP contribution in [0.5, 0.6) is 5.75 Å². The zero-order chi connectivity index (χ0) is 34.5. The molecule has 0 fully saturated rings. The van der Waals surface area contributed by atoms with Crippen LogP contribution in [0.25, 0.3) is 21.5 Å². The number of carbonyl (C=O) groups excluding carboxylic acids is 3. The second-order valence-corrected chi connectivity index (χ2v) is 12.8. The number of nitrogens with one attached hydrogen (secondary N) is 2. The minimum Gasteiger partial charge on any atom is -0.489 e. The van der Waals surface area contributed by atoms with Crippen molar-refractivity contribution in [3.63, 3.8) is 0 Å². The van der Waals surface area contributed by atoms with Gasteiger partial charge in [0.1, 0.15) is 29.3 Å². The van der Waals surface area contributed by atoms with Crippen LogP contribution in [0, 0.1) is 11.7 Å². The topological polar surface area (TPSA) is 183 Å². The first-order chi connectivity index (χ1) is 21.9. The molecule has 3 atom stereocenters. The van der Waals surface area contributed by atoms with Crippen molar-refractivity contribution in [3.8, 4) is 17.0 Å². The lowest BCUT2D eigenvalue weighted by Crippen LogP contribution is -2.51. The Bertz CT molecular complexity index is 1880. The number of amides is 3. The van der Waals surface area contributed by atoms with Gasteiger partial charge in [-0.25, -0.2) is 14.4 Å². The number of pyridine rings is 1. The third-order valence-corrected chi connectivity index (χ3v) is 8.97. The minimum absolute atomic E-state index is 0.0465. The molecule has 2 aromatic heterocycles. The number of anilines is 1. The van der Waals surface area contributed by atoms with Crippen LogP contribution in [0.15, 0.2) is 48.5 Å². The van der Waals surface area contributed by atoms with E-state index in [2.05, 4.69) is 20.6 Å². The van der Waals surface area contributed by atoms with Gasteiger partial charge in [0.15, 0.2) is 5.13 Å². The Morgan fingerprint density at radius 2 is 1.79 bits per heavy atom. The third-order valence-electron chi connectivity index (χ3n) is 8.03. The molecule has 0 aliphatic carbocycles. The molecule has 47 heavy (non-hydrogen) atoms. The number of fused-ring (bicyclic) bond motifs is 2. The summed E-state index contributed by atoms with van der Waals surface area (Å²) >= 11 is 1.03. The van der Waals surface area contributed by atoms with Gasteiger partial charge in [-0.05, 0) is 61.4 Å². The number of alkyl halides is 3. The Hall–Kier alpha value is -4.67. The highest BCUT2D eigenvalue weighted by atomic mass is 32.1. The monoisotopic (exact) mass is 674 g/mol. The number of nitrogens with two attached hydrogens (primary N) is 2. The van der Waals surface area contributed by atoms with E-state index in [1.165, 1.54) is 37.3 Å². The molecule has 7 N–H and O–H groups in total. The number of thiazole rings is 1. The molecule has 0 spiro atoms. The number of benzene rings is 2. The van der Waals surface area contributed by atoms with Crippen LogP contribution in [-0.4, -0.2) is 58.2 Å². The number of halogens is 4. The van der Waals surface area contributed by atoms with Crippen molar-refractivity contribution in [2.24, 2.45) is 17.4 Å². The van der Waals surface area contributed by atoms with Gasteiger partial charge in [0, 0.05) is 16.7 Å². The number of aliphatic hydroxyl groups is 1. The van der Waals surface area contributed by atoms with E-state index in [1.807, 2.05) is 0 Å². The molecule has 3 amide bonds. The van der Waals surface area contributed by atoms with E-state index in [4.69, 9.17) is 16.2 Å². The summed E-state index contributed by atoms with van der Waals surface area (Å²) in [6.07, 6.45) is -5.38. The maximum atomic E-state index is 14.7. The van der Waals surface area contributed by atoms with Crippen LogP contribution in [-0.2, 0) is 20.6 Å². The Labute approximate surface area is 269 Å². The average Bonchev–Trinajstić information content (AvgIpc) is 3.58. The summed E-state index contributed by atoms with van der Waals surface area (Å²) in [5, 5.41) is 16.2. The predicted molar refractivity (Wildman–Crippen MR) is 165 cm³/mol. The highest BCUT2D eigenvalue weighted by molar-refractivity contribution is 7.22. The van der Waals surface area contributed by atoms with Gasteiger partial charge in [0.25, 0.3) is 5.91 Å². The maximum absolute atomic E-state index is 14.7. The summed E-state index contributed by atoms with van der Waals surface area (Å²) < 4.78 is 63.9. The van der Waals surface area contributed by atoms with E-state index in [-0.39, 0.29) is 45.8 Å². The van der Waals surface area contributed by atoms with Gasteiger partial charge in [-0.2, -0.15) is 13.2 Å². The van der Waals surface area contributed by atoms with E-state index in [0.717, 1.165) is 29.5 Å². The quantitative estimate of drug-likeness (QED) is 0.167. The maximum Gasteiger partial charge on any atom is 0.424 e.